The summed E-state index contributed by atoms with van der Waals surface area (Å²) in [7, 11) is 0. The Labute approximate surface area is 111 Å². The molecule has 1 aliphatic heterocycles. The number of carbonyl (C=O) groups excluding carboxylic acids is 1. The Morgan fingerprint density at radius 3 is 2.84 bits per heavy atom. The highest BCUT2D eigenvalue weighted by atomic mass is 16.6. The van der Waals surface area contributed by atoms with Crippen LogP contribution in [0.3, 0.4) is 0 Å². The van der Waals surface area contributed by atoms with Gasteiger partial charge in [0.1, 0.15) is 24.4 Å². The Morgan fingerprint density at radius 2 is 2.16 bits per heavy atom. The lowest BCUT2D eigenvalue weighted by molar-refractivity contribution is -0.137. The monoisotopic (exact) mass is 258 g/mol. The van der Waals surface area contributed by atoms with Crippen molar-refractivity contribution in [2.75, 3.05) is 6.61 Å². The zero-order valence-electron chi connectivity index (χ0n) is 10.3. The molecule has 0 fully saturated rings. The fraction of sp³-hybridized carbons (Fsp3) is 0.133. The molecule has 1 aromatic carbocycles. The largest absolute Gasteiger partial charge is 0.509 e. The molecule has 0 bridgehead atoms. The second-order valence-electron chi connectivity index (χ2n) is 3.95. The number of carbonyl (C=O) groups is 1. The van der Waals surface area contributed by atoms with Crippen molar-refractivity contribution in [2.24, 2.45) is 0 Å². The van der Waals surface area contributed by atoms with Crippen LogP contribution in [0.4, 0.5) is 0 Å². The van der Waals surface area contributed by atoms with E-state index in [9.17, 15) is 4.79 Å². The molecule has 1 aromatic rings. The third-order valence-corrected chi connectivity index (χ3v) is 2.45. The number of hydrogen-bond acceptors (Lipinski definition) is 4. The molecule has 0 saturated heterocycles. The average Bonchev–Trinajstić information content (AvgIpc) is 2.45. The van der Waals surface area contributed by atoms with Crippen LogP contribution in [0.25, 0.3) is 6.08 Å². The normalized spacial score (nSPS) is 14.5. The Hall–Kier alpha value is -2.49. The van der Waals surface area contributed by atoms with Crippen molar-refractivity contribution in [3.63, 3.8) is 0 Å². The molecule has 1 N–H and O–H groups in total. The van der Waals surface area contributed by atoms with E-state index in [0.29, 0.717) is 12.2 Å². The molecule has 0 unspecified atom stereocenters. The summed E-state index contributed by atoms with van der Waals surface area (Å²) in [5.41, 5.74) is 0.931. The van der Waals surface area contributed by atoms with Gasteiger partial charge in [0, 0.05) is 12.5 Å². The second kappa shape index (κ2) is 6.44. The number of allylic oxidation sites excluding steroid dienone is 1. The van der Waals surface area contributed by atoms with E-state index < -0.39 is 5.97 Å². The topological polar surface area (TPSA) is 55.8 Å². The van der Waals surface area contributed by atoms with Gasteiger partial charge in [-0.05, 0) is 17.7 Å². The van der Waals surface area contributed by atoms with Crippen molar-refractivity contribution in [2.45, 2.75) is 6.42 Å². The van der Waals surface area contributed by atoms with Crippen LogP contribution in [0.5, 0.6) is 0 Å². The number of aliphatic hydroxyl groups is 1. The Kier molecular flexibility index (Phi) is 4.39. The summed E-state index contributed by atoms with van der Waals surface area (Å²) in [6, 6.07) is 9.48. The Morgan fingerprint density at radius 1 is 1.37 bits per heavy atom. The maximum absolute atomic E-state index is 11.5. The summed E-state index contributed by atoms with van der Waals surface area (Å²) >= 11 is 0. The Bertz CT molecular complexity index is 526. The first-order chi connectivity index (χ1) is 9.24. The maximum Gasteiger partial charge on any atom is 0.331 e. The molecule has 98 valence electrons. The van der Waals surface area contributed by atoms with Gasteiger partial charge in [0.2, 0.25) is 0 Å². The number of esters is 1. The van der Waals surface area contributed by atoms with Gasteiger partial charge in [0.05, 0.1) is 0 Å². The molecule has 19 heavy (non-hydrogen) atoms. The van der Waals surface area contributed by atoms with Crippen molar-refractivity contribution < 1.29 is 19.4 Å². The molecule has 1 aliphatic rings. The van der Waals surface area contributed by atoms with E-state index in [1.54, 1.807) is 12.2 Å². The zero-order chi connectivity index (χ0) is 13.5. The maximum atomic E-state index is 11.5. The van der Waals surface area contributed by atoms with Crippen LogP contribution >= 0.6 is 0 Å². The molecular formula is C15H14O4. The standard InChI is InChI=1S/C15H14O4/c16-13-7-8-14(18-10-13)11-19-15(17)9-6-12-4-2-1-3-5-12/h1-6,8-10,16H,7,11H2. The van der Waals surface area contributed by atoms with E-state index in [0.717, 1.165) is 5.56 Å². The van der Waals surface area contributed by atoms with Crippen molar-refractivity contribution in [3.8, 4) is 0 Å². The van der Waals surface area contributed by atoms with Crippen molar-refractivity contribution in [1.29, 1.82) is 0 Å². The van der Waals surface area contributed by atoms with Gasteiger partial charge in [-0.25, -0.2) is 4.79 Å². The van der Waals surface area contributed by atoms with Crippen LogP contribution in [0, 0.1) is 0 Å². The molecule has 0 amide bonds. The molecule has 0 radical (unpaired) electrons. The number of hydrogen-bond donors (Lipinski definition) is 1. The van der Waals surface area contributed by atoms with Gasteiger partial charge in [-0.15, -0.1) is 0 Å². The van der Waals surface area contributed by atoms with Gasteiger partial charge in [-0.2, -0.15) is 0 Å². The van der Waals surface area contributed by atoms with Gasteiger partial charge in [-0.1, -0.05) is 30.3 Å². The quantitative estimate of drug-likeness (QED) is 0.666. The smallest absolute Gasteiger partial charge is 0.331 e. The molecule has 4 nitrogen and oxygen atoms in total. The number of aliphatic hydroxyl groups excluding tert-OH is 1. The average molecular weight is 258 g/mol. The fourth-order valence-corrected chi connectivity index (χ4v) is 1.47. The van der Waals surface area contributed by atoms with Gasteiger partial charge < -0.3 is 14.6 Å². The van der Waals surface area contributed by atoms with E-state index in [4.69, 9.17) is 14.6 Å². The molecule has 0 aliphatic carbocycles. The summed E-state index contributed by atoms with van der Waals surface area (Å²) < 4.78 is 10.1. The number of ether oxygens (including phenoxy) is 2. The highest BCUT2D eigenvalue weighted by molar-refractivity contribution is 5.87. The van der Waals surface area contributed by atoms with Crippen LogP contribution in [0.15, 0.2) is 60.3 Å². The SMILES string of the molecule is O=C(C=Cc1ccccc1)OCC1=CCC(O)=CO1. The minimum atomic E-state index is -0.438. The molecular weight excluding hydrogens is 244 g/mol. The van der Waals surface area contributed by atoms with E-state index in [1.807, 2.05) is 30.3 Å². The number of benzene rings is 1. The van der Waals surface area contributed by atoms with E-state index >= 15 is 0 Å². The van der Waals surface area contributed by atoms with Gasteiger partial charge in [0.15, 0.2) is 0 Å². The van der Waals surface area contributed by atoms with Crippen molar-refractivity contribution in [1.82, 2.24) is 0 Å². The van der Waals surface area contributed by atoms with Crippen LogP contribution in [0.2, 0.25) is 0 Å². The third-order valence-electron chi connectivity index (χ3n) is 2.45. The third kappa shape index (κ3) is 4.35. The lowest BCUT2D eigenvalue weighted by Crippen LogP contribution is -2.07. The highest BCUT2D eigenvalue weighted by Gasteiger charge is 2.07. The lowest BCUT2D eigenvalue weighted by atomic mass is 10.2. The van der Waals surface area contributed by atoms with E-state index in [1.165, 1.54) is 12.3 Å². The van der Waals surface area contributed by atoms with Gasteiger partial charge >= 0.3 is 5.97 Å². The molecule has 0 saturated carbocycles. The molecule has 4 heteroatoms. The summed E-state index contributed by atoms with van der Waals surface area (Å²) in [5.74, 6) is 0.227. The van der Waals surface area contributed by atoms with Crippen molar-refractivity contribution >= 4 is 12.0 Å². The fourth-order valence-electron chi connectivity index (χ4n) is 1.47. The summed E-state index contributed by atoms with van der Waals surface area (Å²) in [5, 5.41) is 9.09. The lowest BCUT2D eigenvalue weighted by Gasteiger charge is -2.11. The Balaban J connectivity index is 1.78. The molecule has 1 heterocycles. The molecule has 0 aromatic heterocycles. The van der Waals surface area contributed by atoms with Crippen molar-refractivity contribution in [3.05, 3.63) is 65.8 Å². The predicted molar refractivity (Wildman–Crippen MR) is 70.9 cm³/mol. The first-order valence-electron chi connectivity index (χ1n) is 5.87. The number of rotatable bonds is 4. The van der Waals surface area contributed by atoms with Crippen LogP contribution in [-0.4, -0.2) is 17.7 Å². The first kappa shape index (κ1) is 13.0. The van der Waals surface area contributed by atoms with Crippen LogP contribution < -0.4 is 0 Å². The summed E-state index contributed by atoms with van der Waals surface area (Å²) in [4.78, 5) is 11.5. The summed E-state index contributed by atoms with van der Waals surface area (Å²) in [6.45, 7) is 0.0573. The zero-order valence-corrected chi connectivity index (χ0v) is 10.3. The highest BCUT2D eigenvalue weighted by Crippen LogP contribution is 2.12. The van der Waals surface area contributed by atoms with Crippen LogP contribution in [0.1, 0.15) is 12.0 Å². The van der Waals surface area contributed by atoms with E-state index in [2.05, 4.69) is 0 Å². The minimum Gasteiger partial charge on any atom is -0.509 e. The summed E-state index contributed by atoms with van der Waals surface area (Å²) in [6.07, 6.45) is 6.36. The van der Waals surface area contributed by atoms with Crippen LogP contribution in [-0.2, 0) is 14.3 Å². The predicted octanol–water partition coefficient (Wildman–Crippen LogP) is 2.95. The molecule has 2 rings (SSSR count). The molecule has 0 atom stereocenters. The first-order valence-corrected chi connectivity index (χ1v) is 5.87. The van der Waals surface area contributed by atoms with Gasteiger partial charge in [0.25, 0.3) is 0 Å². The van der Waals surface area contributed by atoms with E-state index in [-0.39, 0.29) is 12.4 Å². The second-order valence-corrected chi connectivity index (χ2v) is 3.95. The molecule has 0 spiro atoms. The minimum absolute atomic E-state index is 0.0573. The van der Waals surface area contributed by atoms with Gasteiger partial charge in [-0.3, -0.25) is 0 Å².